The number of carbonyl (C=O) groups excluding carboxylic acids is 1. The molecule has 0 bridgehead atoms. The number of nitrogens with one attached hydrogen (secondary N) is 1. The fourth-order valence-corrected chi connectivity index (χ4v) is 3.28. The topological polar surface area (TPSA) is 59.4 Å². The van der Waals surface area contributed by atoms with Gasteiger partial charge >= 0.3 is 6.18 Å². The molecule has 1 aliphatic heterocycles. The quantitative estimate of drug-likeness (QED) is 0.851. The molecule has 1 heterocycles. The third-order valence-electron chi connectivity index (χ3n) is 4.94. The Hall–Kier alpha value is -3.05. The van der Waals surface area contributed by atoms with E-state index in [0.29, 0.717) is 5.56 Å². The summed E-state index contributed by atoms with van der Waals surface area (Å²) in [5.74, 6) is -0.497. The Morgan fingerprint density at radius 1 is 1.10 bits per heavy atom. The standard InChI is InChI=1S/C21H21F3N4O/c1-27-9-11-28(12-10-27)19-8-3-2-7-17(19)20(29)26-18(14-25)15-5-4-6-16(13-15)21(22,23)24/h2-8,13,18H,9-12H2,1H3,(H,26,29). The van der Waals surface area contributed by atoms with Crippen LogP contribution in [0, 0.1) is 11.3 Å². The highest BCUT2D eigenvalue weighted by atomic mass is 19.4. The third-order valence-corrected chi connectivity index (χ3v) is 4.94. The number of anilines is 1. The molecule has 0 radical (unpaired) electrons. The molecule has 1 fully saturated rings. The van der Waals surface area contributed by atoms with E-state index in [0.717, 1.165) is 44.0 Å². The Balaban J connectivity index is 1.82. The summed E-state index contributed by atoms with van der Waals surface area (Å²) in [6.45, 7) is 3.24. The number of alkyl halides is 3. The maximum absolute atomic E-state index is 13.0. The number of amides is 1. The van der Waals surface area contributed by atoms with Crippen molar-refractivity contribution >= 4 is 11.6 Å². The fraction of sp³-hybridized carbons (Fsp3) is 0.333. The van der Waals surface area contributed by atoms with Gasteiger partial charge in [0.2, 0.25) is 0 Å². The lowest BCUT2D eigenvalue weighted by Gasteiger charge is -2.35. The van der Waals surface area contributed by atoms with E-state index in [1.165, 1.54) is 12.1 Å². The minimum atomic E-state index is -4.52. The summed E-state index contributed by atoms with van der Waals surface area (Å²) >= 11 is 0. The lowest BCUT2D eigenvalue weighted by Crippen LogP contribution is -2.45. The molecule has 2 aromatic rings. The molecule has 1 atom stereocenters. The molecule has 1 N–H and O–H groups in total. The molecule has 0 aliphatic carbocycles. The van der Waals surface area contributed by atoms with E-state index in [9.17, 15) is 23.2 Å². The molecule has 0 spiro atoms. The van der Waals surface area contributed by atoms with Gasteiger partial charge in [-0.25, -0.2) is 0 Å². The minimum absolute atomic E-state index is 0.0905. The van der Waals surface area contributed by atoms with Crippen molar-refractivity contribution in [3.63, 3.8) is 0 Å². The number of hydrogen-bond donors (Lipinski definition) is 1. The molecule has 8 heteroatoms. The zero-order valence-electron chi connectivity index (χ0n) is 15.9. The molecule has 2 aromatic carbocycles. The molecule has 1 amide bonds. The summed E-state index contributed by atoms with van der Waals surface area (Å²) < 4.78 is 38.9. The largest absolute Gasteiger partial charge is 0.416 e. The van der Waals surface area contributed by atoms with Crippen molar-refractivity contribution in [3.05, 3.63) is 65.2 Å². The van der Waals surface area contributed by atoms with Crippen molar-refractivity contribution in [2.45, 2.75) is 12.2 Å². The van der Waals surface area contributed by atoms with Gasteiger partial charge in [-0.3, -0.25) is 4.79 Å². The van der Waals surface area contributed by atoms with Crippen molar-refractivity contribution < 1.29 is 18.0 Å². The molecule has 1 saturated heterocycles. The predicted octanol–water partition coefficient (Wildman–Crippen LogP) is 3.45. The molecule has 0 saturated carbocycles. The Bertz CT molecular complexity index is 915. The molecule has 3 rings (SSSR count). The van der Waals surface area contributed by atoms with Gasteiger partial charge in [-0.05, 0) is 36.9 Å². The molecule has 1 aliphatic rings. The molecule has 1 unspecified atom stereocenters. The van der Waals surface area contributed by atoms with Crippen LogP contribution in [-0.2, 0) is 6.18 Å². The van der Waals surface area contributed by atoms with Crippen LogP contribution >= 0.6 is 0 Å². The lowest BCUT2D eigenvalue weighted by molar-refractivity contribution is -0.137. The maximum Gasteiger partial charge on any atom is 0.416 e. The van der Waals surface area contributed by atoms with Crippen LogP contribution in [0.2, 0.25) is 0 Å². The van der Waals surface area contributed by atoms with Gasteiger partial charge in [0.1, 0.15) is 6.04 Å². The monoisotopic (exact) mass is 402 g/mol. The summed E-state index contributed by atoms with van der Waals surface area (Å²) in [4.78, 5) is 17.2. The molecule has 29 heavy (non-hydrogen) atoms. The fourth-order valence-electron chi connectivity index (χ4n) is 3.28. The van der Waals surface area contributed by atoms with E-state index in [1.54, 1.807) is 12.1 Å². The number of benzene rings is 2. The number of halogens is 3. The number of piperazine rings is 1. The van der Waals surface area contributed by atoms with Gasteiger partial charge in [0.05, 0.1) is 17.2 Å². The highest BCUT2D eigenvalue weighted by Crippen LogP contribution is 2.31. The molecule has 152 valence electrons. The summed E-state index contributed by atoms with van der Waals surface area (Å²) in [5.41, 5.74) is 0.373. The number of likely N-dealkylation sites (N-methyl/N-ethyl adjacent to an activating group) is 1. The van der Waals surface area contributed by atoms with Crippen LogP contribution in [0.5, 0.6) is 0 Å². The lowest BCUT2D eigenvalue weighted by atomic mass is 10.0. The average molecular weight is 402 g/mol. The Labute approximate surface area is 167 Å². The smallest absolute Gasteiger partial charge is 0.368 e. The van der Waals surface area contributed by atoms with Crippen LogP contribution in [0.4, 0.5) is 18.9 Å². The number of hydrogen-bond acceptors (Lipinski definition) is 4. The average Bonchev–Trinajstić information content (AvgIpc) is 2.72. The summed E-state index contributed by atoms with van der Waals surface area (Å²) in [5, 5.41) is 12.0. The molecular weight excluding hydrogens is 381 g/mol. The number of nitriles is 1. The van der Waals surface area contributed by atoms with Crippen molar-refractivity contribution in [3.8, 4) is 6.07 Å². The first kappa shape index (κ1) is 20.7. The van der Waals surface area contributed by atoms with Crippen LogP contribution in [-0.4, -0.2) is 44.0 Å². The summed E-state index contributed by atoms with van der Waals surface area (Å²) in [6.07, 6.45) is -4.52. The first-order chi connectivity index (χ1) is 13.8. The van der Waals surface area contributed by atoms with Gasteiger partial charge in [0.25, 0.3) is 5.91 Å². The number of nitrogens with zero attached hydrogens (tertiary/aromatic N) is 3. The zero-order valence-corrected chi connectivity index (χ0v) is 15.9. The normalized spacial score (nSPS) is 16.2. The van der Waals surface area contributed by atoms with Gasteiger partial charge < -0.3 is 15.1 Å². The Morgan fingerprint density at radius 3 is 2.45 bits per heavy atom. The van der Waals surface area contributed by atoms with E-state index in [-0.39, 0.29) is 5.56 Å². The van der Waals surface area contributed by atoms with Crippen LogP contribution in [0.25, 0.3) is 0 Å². The zero-order chi connectivity index (χ0) is 21.0. The second-order valence-corrected chi connectivity index (χ2v) is 6.97. The second-order valence-electron chi connectivity index (χ2n) is 6.97. The van der Waals surface area contributed by atoms with Gasteiger partial charge in [-0.15, -0.1) is 0 Å². The number of carbonyl (C=O) groups is 1. The molecule has 0 aromatic heterocycles. The Kier molecular flexibility index (Phi) is 6.09. The van der Waals surface area contributed by atoms with Crippen LogP contribution in [0.3, 0.4) is 0 Å². The van der Waals surface area contributed by atoms with Crippen LogP contribution in [0.1, 0.15) is 27.5 Å². The van der Waals surface area contributed by atoms with Gasteiger partial charge in [-0.1, -0.05) is 24.3 Å². The van der Waals surface area contributed by atoms with Crippen molar-refractivity contribution in [2.75, 3.05) is 38.1 Å². The summed E-state index contributed by atoms with van der Waals surface area (Å²) in [7, 11) is 2.03. The first-order valence-corrected chi connectivity index (χ1v) is 9.20. The molecular formula is C21H21F3N4O. The van der Waals surface area contributed by atoms with E-state index in [4.69, 9.17) is 0 Å². The highest BCUT2D eigenvalue weighted by molar-refractivity contribution is 6.00. The van der Waals surface area contributed by atoms with Crippen molar-refractivity contribution in [1.29, 1.82) is 5.26 Å². The van der Waals surface area contributed by atoms with Crippen molar-refractivity contribution in [2.24, 2.45) is 0 Å². The van der Waals surface area contributed by atoms with Gasteiger partial charge in [0, 0.05) is 31.9 Å². The van der Waals surface area contributed by atoms with Crippen LogP contribution in [0.15, 0.2) is 48.5 Å². The van der Waals surface area contributed by atoms with Gasteiger partial charge in [-0.2, -0.15) is 18.4 Å². The predicted molar refractivity (Wildman–Crippen MR) is 103 cm³/mol. The molecule has 5 nitrogen and oxygen atoms in total. The van der Waals surface area contributed by atoms with Crippen LogP contribution < -0.4 is 10.2 Å². The van der Waals surface area contributed by atoms with E-state index < -0.39 is 23.7 Å². The minimum Gasteiger partial charge on any atom is -0.368 e. The SMILES string of the molecule is CN1CCN(c2ccccc2C(=O)NC(C#N)c2cccc(C(F)(F)F)c2)CC1. The van der Waals surface area contributed by atoms with E-state index in [1.807, 2.05) is 25.2 Å². The second kappa shape index (κ2) is 8.53. The number of rotatable bonds is 4. The first-order valence-electron chi connectivity index (χ1n) is 9.20. The number of para-hydroxylation sites is 1. The van der Waals surface area contributed by atoms with E-state index >= 15 is 0 Å². The Morgan fingerprint density at radius 2 is 1.79 bits per heavy atom. The summed E-state index contributed by atoms with van der Waals surface area (Å²) in [6, 6.07) is 12.2. The third kappa shape index (κ3) is 4.87. The maximum atomic E-state index is 13.0. The van der Waals surface area contributed by atoms with Gasteiger partial charge in [0.15, 0.2) is 0 Å². The highest BCUT2D eigenvalue weighted by Gasteiger charge is 2.31. The van der Waals surface area contributed by atoms with Crippen molar-refractivity contribution in [1.82, 2.24) is 10.2 Å². The van der Waals surface area contributed by atoms with E-state index in [2.05, 4.69) is 15.1 Å².